The fraction of sp³-hybridized carbons (Fsp3) is 0.569. The van der Waals surface area contributed by atoms with Gasteiger partial charge in [-0.05, 0) is 98.6 Å². The van der Waals surface area contributed by atoms with E-state index in [4.69, 9.17) is 28.5 Å². The van der Waals surface area contributed by atoms with Crippen molar-refractivity contribution in [3.8, 4) is 5.75 Å². The smallest absolute Gasteiger partial charge is 0.407 e. The number of allylic oxidation sites excluding steroid dienone is 4. The molecule has 0 unspecified atom stereocenters. The number of carboxylic acids is 1. The maximum absolute atomic E-state index is 14.1. The Morgan fingerprint density at radius 3 is 2.25 bits per heavy atom. The Labute approximate surface area is 475 Å². The minimum absolute atomic E-state index is 0.00694. The lowest BCUT2D eigenvalue weighted by atomic mass is 9.46. The number of hydrogen-bond acceptors (Lipinski definition) is 20. The Morgan fingerprint density at radius 2 is 1.57 bits per heavy atom. The summed E-state index contributed by atoms with van der Waals surface area (Å²) in [5.74, 6) is -6.39. The molecular weight excluding hydrogens is 1090 g/mol. The number of ketones is 2. The van der Waals surface area contributed by atoms with E-state index in [1.807, 2.05) is 37.3 Å². The molecule has 0 spiro atoms. The third-order valence-electron chi connectivity index (χ3n) is 18.4. The van der Waals surface area contributed by atoms with Crippen LogP contribution in [0.3, 0.4) is 0 Å². The number of fused-ring (bicyclic) bond motifs is 7. The SMILES string of the molecule is C[C@]12C=CC(=O)C=C1CC[C@@H]1[C@@H]2[C@@H](O)C[C@@]2(C)[C@H]1C[C@H]1O[C@@H](c3ccc(CC4(NC(=O)OCc5ccc(O[C@@H]6O[C@H](C(=O)O)[C@@H](O)[C@H](O)[C@H]6O)c(NC(=O)CCNC(=O)CCC(=O)ON6C(=O)CCC6=O)c5)CCC4)cc3)O[C@]12C(=O)CO. The second kappa shape index (κ2) is 23.2. The fourth-order valence-corrected chi connectivity index (χ4v) is 14.1. The van der Waals surface area contributed by atoms with E-state index in [0.29, 0.717) is 48.3 Å². The predicted molar refractivity (Wildman–Crippen MR) is 281 cm³/mol. The van der Waals surface area contributed by atoms with Gasteiger partial charge in [0.05, 0.1) is 24.3 Å². The third kappa shape index (κ3) is 11.2. The number of hydrogen-bond donors (Lipinski definition) is 9. The van der Waals surface area contributed by atoms with E-state index >= 15 is 0 Å². The monoisotopic (exact) mass is 1160 g/mol. The second-order valence-electron chi connectivity index (χ2n) is 23.5. The Hall–Kier alpha value is -6.97. The standard InChI is InChI=1S/C58H68N4O21/c1-55-20-16-33(64)23-32(55)9-10-34-35-24-40-58(39(66)27-63,56(35,2)26-37(65)46(34)55)82-52(80-40)31-7-4-29(5-8-31)25-57(18-3-19-57)61-54(77)78-28-30-6-11-38(79-53-49(74)47(72)48(73)50(81-53)51(75)76)36(22-30)60-42(68)17-21-59-41(67)12-15-45(71)83-62-43(69)13-14-44(62)70/h4-8,11,16,20,22-23,34-35,37,40,46-50,52-53,63,65,72-74H,3,9-10,12-15,17-19,21,24-28H2,1-2H3,(H,59,67)(H,60,68)(H,61,77)(H,75,76)/t34-,35-,37-,40+,46+,47-,48-,49+,50-,52+,53+,55-,56-,58+/m0/s1. The number of carbonyl (C=O) groups is 9. The number of Topliss-reactive ketones (excluding diaryl/α,β-unsaturated/α-hetero) is 1. The van der Waals surface area contributed by atoms with Gasteiger partial charge in [-0.15, -0.1) is 5.06 Å². The Morgan fingerprint density at radius 1 is 0.843 bits per heavy atom. The lowest BCUT2D eigenvalue weighted by Crippen LogP contribution is -2.63. The van der Waals surface area contributed by atoms with Gasteiger partial charge in [0.15, 0.2) is 29.6 Å². The molecule has 14 atom stereocenters. The zero-order valence-electron chi connectivity index (χ0n) is 45.7. The molecule has 0 aromatic heterocycles. The van der Waals surface area contributed by atoms with E-state index < -0.39 is 138 Å². The van der Waals surface area contributed by atoms with Crippen molar-refractivity contribution in [3.05, 3.63) is 83.0 Å². The van der Waals surface area contributed by atoms with Gasteiger partial charge >= 0.3 is 18.0 Å². The van der Waals surface area contributed by atoms with Crippen LogP contribution in [0.4, 0.5) is 10.5 Å². The van der Waals surface area contributed by atoms with Crippen LogP contribution >= 0.6 is 0 Å². The highest BCUT2D eigenvalue weighted by Crippen LogP contribution is 2.70. The number of nitrogens with one attached hydrogen (secondary N) is 3. The van der Waals surface area contributed by atoms with Crippen LogP contribution in [0.2, 0.25) is 0 Å². The summed E-state index contributed by atoms with van der Waals surface area (Å²) in [5.41, 5.74) is -0.843. The van der Waals surface area contributed by atoms with Crippen LogP contribution in [-0.2, 0) is 75.2 Å². The number of carboxylic acid groups (broad SMARTS) is 1. The van der Waals surface area contributed by atoms with E-state index in [-0.39, 0.29) is 73.8 Å². The number of nitrogens with zero attached hydrogens (tertiary/aromatic N) is 1. The maximum atomic E-state index is 14.1. The maximum Gasteiger partial charge on any atom is 0.407 e. The quantitative estimate of drug-likeness (QED) is 0.0905. The fourth-order valence-electron chi connectivity index (χ4n) is 14.1. The summed E-state index contributed by atoms with van der Waals surface area (Å²) in [6, 6.07) is 11.6. The van der Waals surface area contributed by atoms with E-state index in [1.165, 1.54) is 18.2 Å². The number of aliphatic hydroxyl groups is 5. The first-order valence-electron chi connectivity index (χ1n) is 28.0. The molecule has 3 aliphatic heterocycles. The zero-order chi connectivity index (χ0) is 59.3. The molecule has 3 saturated heterocycles. The summed E-state index contributed by atoms with van der Waals surface area (Å²) in [6.45, 7) is 2.71. The largest absolute Gasteiger partial charge is 0.479 e. The summed E-state index contributed by atoms with van der Waals surface area (Å²) < 4.78 is 30.1. The number of amides is 5. The van der Waals surface area contributed by atoms with Crippen molar-refractivity contribution in [2.24, 2.45) is 28.6 Å². The lowest BCUT2D eigenvalue weighted by Gasteiger charge is -2.59. The van der Waals surface area contributed by atoms with Crippen molar-refractivity contribution >= 4 is 58.9 Å². The van der Waals surface area contributed by atoms with Crippen molar-refractivity contribution in [2.75, 3.05) is 18.5 Å². The number of benzene rings is 2. The molecule has 9 N–H and O–H groups in total. The number of hydroxylamine groups is 2. The van der Waals surface area contributed by atoms with Gasteiger partial charge in [-0.2, -0.15) is 0 Å². The van der Waals surface area contributed by atoms with Gasteiger partial charge in [0.1, 0.15) is 37.3 Å². The van der Waals surface area contributed by atoms with E-state index in [9.17, 15) is 73.8 Å². The normalized spacial score (nSPS) is 33.8. The highest BCUT2D eigenvalue weighted by molar-refractivity contribution is 6.02. The third-order valence-corrected chi connectivity index (χ3v) is 18.4. The van der Waals surface area contributed by atoms with Gasteiger partial charge in [-0.3, -0.25) is 28.8 Å². The van der Waals surface area contributed by atoms with Gasteiger partial charge in [0, 0.05) is 60.1 Å². The summed E-state index contributed by atoms with van der Waals surface area (Å²) in [6.07, 6.45) is -4.62. The van der Waals surface area contributed by atoms with Crippen LogP contribution in [-0.4, -0.2) is 156 Å². The molecule has 10 rings (SSSR count). The first-order chi connectivity index (χ1) is 39.5. The molecule has 0 bridgehead atoms. The minimum atomic E-state index is -2.01. The first kappa shape index (κ1) is 59.2. The molecule has 7 fully saturated rings. The van der Waals surface area contributed by atoms with Crippen molar-refractivity contribution in [2.45, 2.75) is 164 Å². The molecule has 4 saturated carbocycles. The number of imide groups is 1. The molecule has 5 amide bonds. The lowest BCUT2D eigenvalue weighted by molar-refractivity contribution is -0.271. The number of ether oxygens (including phenoxy) is 5. The van der Waals surface area contributed by atoms with Crippen LogP contribution < -0.4 is 20.7 Å². The molecular formula is C58H68N4O21. The van der Waals surface area contributed by atoms with Crippen LogP contribution in [0.15, 0.2) is 66.3 Å². The van der Waals surface area contributed by atoms with E-state index in [0.717, 1.165) is 24.0 Å². The van der Waals surface area contributed by atoms with Crippen molar-refractivity contribution in [1.29, 1.82) is 0 Å². The Bertz CT molecular complexity index is 3000. The Balaban J connectivity index is 0.759. The first-order valence-corrected chi connectivity index (χ1v) is 28.0. The van der Waals surface area contributed by atoms with Gasteiger partial charge in [-0.25, -0.2) is 14.4 Å². The molecule has 2 aromatic rings. The second-order valence-corrected chi connectivity index (χ2v) is 23.5. The highest BCUT2D eigenvalue weighted by Gasteiger charge is 2.76. The van der Waals surface area contributed by atoms with Crippen LogP contribution in [0.1, 0.15) is 114 Å². The molecule has 83 heavy (non-hydrogen) atoms. The van der Waals surface area contributed by atoms with Gasteiger partial charge in [0.25, 0.3) is 11.8 Å². The van der Waals surface area contributed by atoms with Gasteiger partial charge in [-0.1, -0.05) is 55.8 Å². The average Bonchev–Trinajstić information content (AvgIpc) is 1.57. The molecule has 446 valence electrons. The van der Waals surface area contributed by atoms with Crippen molar-refractivity contribution in [3.63, 3.8) is 0 Å². The van der Waals surface area contributed by atoms with Gasteiger partial charge < -0.3 is 75.1 Å². The molecule has 8 aliphatic rings. The number of aliphatic carboxylic acids is 1. The van der Waals surface area contributed by atoms with Crippen LogP contribution in [0.25, 0.3) is 0 Å². The van der Waals surface area contributed by atoms with E-state index in [2.05, 4.69) is 22.9 Å². The van der Waals surface area contributed by atoms with E-state index in [1.54, 1.807) is 12.2 Å². The number of aliphatic hydroxyl groups excluding tert-OH is 5. The summed E-state index contributed by atoms with van der Waals surface area (Å²) in [5, 5.41) is 71.8. The van der Waals surface area contributed by atoms with Crippen molar-refractivity contribution < 1.29 is 102 Å². The molecule has 0 radical (unpaired) electrons. The summed E-state index contributed by atoms with van der Waals surface area (Å²) in [4.78, 5) is 118. The van der Waals surface area contributed by atoms with Gasteiger partial charge in [0.2, 0.25) is 18.1 Å². The molecule has 25 heteroatoms. The summed E-state index contributed by atoms with van der Waals surface area (Å²) >= 11 is 0. The zero-order valence-corrected chi connectivity index (χ0v) is 45.7. The minimum Gasteiger partial charge on any atom is -0.479 e. The molecule has 25 nitrogen and oxygen atoms in total. The molecule has 3 heterocycles. The van der Waals surface area contributed by atoms with Crippen LogP contribution in [0.5, 0.6) is 5.75 Å². The number of anilines is 1. The number of alkyl carbamates (subject to hydrolysis) is 1. The van der Waals surface area contributed by atoms with Crippen molar-refractivity contribution in [1.82, 2.24) is 15.7 Å². The summed E-state index contributed by atoms with van der Waals surface area (Å²) in [7, 11) is 0. The predicted octanol–water partition coefficient (Wildman–Crippen LogP) is 1.78. The number of carbonyl (C=O) groups excluding carboxylic acids is 8. The van der Waals surface area contributed by atoms with Crippen LogP contribution in [0, 0.1) is 28.6 Å². The molecule has 2 aromatic carbocycles. The molecule has 5 aliphatic carbocycles. The Kier molecular flexibility index (Phi) is 16.6. The highest BCUT2D eigenvalue weighted by atomic mass is 16.7. The average molecular weight is 1160 g/mol. The topological polar surface area (TPSA) is 370 Å². The number of rotatable bonds is 19.